The van der Waals surface area contributed by atoms with Gasteiger partial charge < -0.3 is 5.32 Å². The lowest BCUT2D eigenvalue weighted by Crippen LogP contribution is -2.29. The van der Waals surface area contributed by atoms with Crippen LogP contribution in [0.25, 0.3) is 0 Å². The fourth-order valence-electron chi connectivity index (χ4n) is 2.69. The van der Waals surface area contributed by atoms with Gasteiger partial charge in [-0.05, 0) is 44.1 Å². The quantitative estimate of drug-likeness (QED) is 0.825. The van der Waals surface area contributed by atoms with Gasteiger partial charge in [-0.1, -0.05) is 30.3 Å². The van der Waals surface area contributed by atoms with E-state index in [1.165, 1.54) is 29.0 Å². The Kier molecular flexibility index (Phi) is 5.06. The summed E-state index contributed by atoms with van der Waals surface area (Å²) in [7, 11) is 0. The van der Waals surface area contributed by atoms with Gasteiger partial charge in [0.05, 0.1) is 5.69 Å². The Balaban J connectivity index is 1.40. The molecular formula is C17H21N3OS. The second-order valence-corrected chi connectivity index (χ2v) is 6.65. The van der Waals surface area contributed by atoms with Crippen molar-refractivity contribution < 1.29 is 4.79 Å². The van der Waals surface area contributed by atoms with Crippen molar-refractivity contribution in [3.05, 3.63) is 46.5 Å². The molecule has 1 heterocycles. The minimum atomic E-state index is -0.154. The molecule has 0 radical (unpaired) electrons. The van der Waals surface area contributed by atoms with E-state index >= 15 is 0 Å². The maximum absolute atomic E-state index is 11.9. The molecule has 1 aromatic carbocycles. The summed E-state index contributed by atoms with van der Waals surface area (Å²) in [5.41, 5.74) is 2.48. The zero-order chi connectivity index (χ0) is 15.2. The number of anilines is 1. The van der Waals surface area contributed by atoms with E-state index in [0.717, 1.165) is 30.8 Å². The van der Waals surface area contributed by atoms with E-state index in [-0.39, 0.29) is 6.03 Å². The maximum Gasteiger partial charge on any atom is 0.321 e. The summed E-state index contributed by atoms with van der Waals surface area (Å²) in [5, 5.41) is 6.48. The van der Waals surface area contributed by atoms with Crippen LogP contribution in [0.3, 0.4) is 0 Å². The molecule has 1 aromatic heterocycles. The fourth-order valence-corrected chi connectivity index (χ4v) is 3.73. The molecule has 0 aliphatic heterocycles. The number of amides is 2. The number of fused-ring (bicyclic) bond motifs is 1. The predicted octanol–water partition coefficient (Wildman–Crippen LogP) is 3.78. The van der Waals surface area contributed by atoms with Gasteiger partial charge in [-0.15, -0.1) is 11.3 Å². The van der Waals surface area contributed by atoms with Crippen LogP contribution in [0.4, 0.5) is 9.93 Å². The molecule has 4 nitrogen and oxygen atoms in total. The number of hydrogen-bond donors (Lipinski definition) is 2. The topological polar surface area (TPSA) is 54.0 Å². The molecule has 0 saturated carbocycles. The number of rotatable bonds is 5. The number of thiazole rings is 1. The first-order valence-corrected chi connectivity index (χ1v) is 8.70. The summed E-state index contributed by atoms with van der Waals surface area (Å²) < 4.78 is 0. The van der Waals surface area contributed by atoms with Crippen LogP contribution in [0, 0.1) is 0 Å². The molecule has 116 valence electrons. The third-order valence-corrected chi connectivity index (χ3v) is 4.91. The molecule has 2 aromatic rings. The van der Waals surface area contributed by atoms with Crippen LogP contribution in [-0.4, -0.2) is 17.6 Å². The number of nitrogens with one attached hydrogen (secondary N) is 2. The number of aromatic nitrogens is 1. The fraction of sp³-hybridized carbons (Fsp3) is 0.412. The molecule has 0 saturated heterocycles. The van der Waals surface area contributed by atoms with Crippen LogP contribution in [0.5, 0.6) is 0 Å². The van der Waals surface area contributed by atoms with Crippen molar-refractivity contribution in [3.8, 4) is 0 Å². The van der Waals surface area contributed by atoms with Crippen LogP contribution < -0.4 is 10.6 Å². The standard InChI is InChI=1S/C17H21N3OS/c21-16(18-12-6-9-13-7-2-1-3-8-13)20-17-19-14-10-4-5-11-15(14)22-17/h1-3,7-8H,4-6,9-12H2,(H2,18,19,20,21). The first kappa shape index (κ1) is 15.0. The van der Waals surface area contributed by atoms with E-state index in [0.29, 0.717) is 6.54 Å². The summed E-state index contributed by atoms with van der Waals surface area (Å²) in [5.74, 6) is 0. The van der Waals surface area contributed by atoms with E-state index < -0.39 is 0 Å². The van der Waals surface area contributed by atoms with Crippen LogP contribution in [0.2, 0.25) is 0 Å². The highest BCUT2D eigenvalue weighted by atomic mass is 32.1. The lowest BCUT2D eigenvalue weighted by Gasteiger charge is -2.06. The lowest BCUT2D eigenvalue weighted by atomic mass is 10.0. The second kappa shape index (κ2) is 7.40. The van der Waals surface area contributed by atoms with Gasteiger partial charge in [-0.3, -0.25) is 5.32 Å². The largest absolute Gasteiger partial charge is 0.338 e. The van der Waals surface area contributed by atoms with Crippen LogP contribution in [-0.2, 0) is 19.3 Å². The smallest absolute Gasteiger partial charge is 0.321 e. The van der Waals surface area contributed by atoms with Crippen molar-refractivity contribution in [1.29, 1.82) is 0 Å². The zero-order valence-electron chi connectivity index (χ0n) is 12.6. The molecule has 1 aliphatic rings. The highest BCUT2D eigenvalue weighted by Crippen LogP contribution is 2.29. The molecule has 0 bridgehead atoms. The number of benzene rings is 1. The van der Waals surface area contributed by atoms with Gasteiger partial charge in [0, 0.05) is 11.4 Å². The molecule has 22 heavy (non-hydrogen) atoms. The molecule has 0 spiro atoms. The average Bonchev–Trinajstić information content (AvgIpc) is 2.94. The third kappa shape index (κ3) is 4.07. The molecule has 0 unspecified atom stereocenters. The Morgan fingerprint density at radius 3 is 2.82 bits per heavy atom. The van der Waals surface area contributed by atoms with Crippen molar-refractivity contribution in [3.63, 3.8) is 0 Å². The van der Waals surface area contributed by atoms with Gasteiger partial charge in [-0.2, -0.15) is 0 Å². The van der Waals surface area contributed by atoms with E-state index in [1.54, 1.807) is 11.3 Å². The van der Waals surface area contributed by atoms with Gasteiger partial charge in [0.1, 0.15) is 0 Å². The van der Waals surface area contributed by atoms with Gasteiger partial charge >= 0.3 is 6.03 Å². The minimum Gasteiger partial charge on any atom is -0.338 e. The van der Waals surface area contributed by atoms with Crippen molar-refractivity contribution in [2.75, 3.05) is 11.9 Å². The summed E-state index contributed by atoms with van der Waals surface area (Å²) in [6.45, 7) is 0.672. The first-order valence-electron chi connectivity index (χ1n) is 7.88. The SMILES string of the molecule is O=C(NCCCc1ccccc1)Nc1nc2c(s1)CCCC2. The average molecular weight is 315 g/mol. The van der Waals surface area contributed by atoms with Crippen molar-refractivity contribution in [2.24, 2.45) is 0 Å². The van der Waals surface area contributed by atoms with Crippen LogP contribution in [0.1, 0.15) is 35.4 Å². The number of carbonyl (C=O) groups excluding carboxylic acids is 1. The normalized spacial score (nSPS) is 13.5. The van der Waals surface area contributed by atoms with E-state index in [9.17, 15) is 4.79 Å². The molecule has 5 heteroatoms. The molecule has 0 atom stereocenters. The molecule has 0 fully saturated rings. The van der Waals surface area contributed by atoms with E-state index in [2.05, 4.69) is 27.8 Å². The van der Waals surface area contributed by atoms with E-state index in [4.69, 9.17) is 0 Å². The highest BCUT2D eigenvalue weighted by Gasteiger charge is 2.15. The Morgan fingerprint density at radius 2 is 2.00 bits per heavy atom. The van der Waals surface area contributed by atoms with E-state index in [1.807, 2.05) is 18.2 Å². The molecule has 2 amide bonds. The lowest BCUT2D eigenvalue weighted by molar-refractivity contribution is 0.252. The number of urea groups is 1. The Bertz CT molecular complexity index is 601. The summed E-state index contributed by atoms with van der Waals surface area (Å²) >= 11 is 1.62. The predicted molar refractivity (Wildman–Crippen MR) is 90.5 cm³/mol. The molecule has 3 rings (SSSR count). The molecule has 1 aliphatic carbocycles. The Hall–Kier alpha value is -1.88. The van der Waals surface area contributed by atoms with Crippen molar-refractivity contribution >= 4 is 22.5 Å². The summed E-state index contributed by atoms with van der Waals surface area (Å²) in [6.07, 6.45) is 6.51. The maximum atomic E-state index is 11.9. The second-order valence-electron chi connectivity index (χ2n) is 5.57. The summed E-state index contributed by atoms with van der Waals surface area (Å²) in [4.78, 5) is 17.7. The first-order chi connectivity index (χ1) is 10.8. The van der Waals surface area contributed by atoms with Gasteiger partial charge in [0.2, 0.25) is 0 Å². The third-order valence-electron chi connectivity index (χ3n) is 3.84. The Morgan fingerprint density at radius 1 is 1.18 bits per heavy atom. The number of hydrogen-bond acceptors (Lipinski definition) is 3. The van der Waals surface area contributed by atoms with Gasteiger partial charge in [0.25, 0.3) is 0 Å². The van der Waals surface area contributed by atoms with Crippen LogP contribution in [0.15, 0.2) is 30.3 Å². The van der Waals surface area contributed by atoms with Gasteiger partial charge in [-0.25, -0.2) is 9.78 Å². The number of nitrogens with zero attached hydrogens (tertiary/aromatic N) is 1. The van der Waals surface area contributed by atoms with Gasteiger partial charge in [0.15, 0.2) is 5.13 Å². The number of carbonyl (C=O) groups is 1. The van der Waals surface area contributed by atoms with Crippen molar-refractivity contribution in [2.45, 2.75) is 38.5 Å². The Labute approximate surface area is 135 Å². The number of aryl methyl sites for hydroxylation is 3. The van der Waals surface area contributed by atoms with Crippen molar-refractivity contribution in [1.82, 2.24) is 10.3 Å². The molecular weight excluding hydrogens is 294 g/mol. The molecule has 2 N–H and O–H groups in total. The summed E-state index contributed by atoms with van der Waals surface area (Å²) in [6, 6.07) is 10.2. The zero-order valence-corrected chi connectivity index (χ0v) is 13.4. The van der Waals surface area contributed by atoms with Crippen LogP contribution >= 0.6 is 11.3 Å². The highest BCUT2D eigenvalue weighted by molar-refractivity contribution is 7.15. The monoisotopic (exact) mass is 315 g/mol. The minimum absolute atomic E-state index is 0.154.